The molecule has 0 spiro atoms. The van der Waals surface area contributed by atoms with Crippen LogP contribution in [0.25, 0.3) is 0 Å². The number of esters is 2. The minimum atomic E-state index is -0.591. The van der Waals surface area contributed by atoms with Crippen molar-refractivity contribution in [3.05, 3.63) is 12.2 Å². The maximum absolute atomic E-state index is 11.7. The van der Waals surface area contributed by atoms with Gasteiger partial charge in [0.15, 0.2) is 0 Å². The fourth-order valence-electron chi connectivity index (χ4n) is 2.01. The first-order valence-electron chi connectivity index (χ1n) is 5.71. The summed E-state index contributed by atoms with van der Waals surface area (Å²) in [5, 5.41) is 0. The molecular formula is C12H16O4. The number of fused-ring (bicyclic) bond motifs is 1. The van der Waals surface area contributed by atoms with E-state index in [4.69, 9.17) is 9.47 Å². The Morgan fingerprint density at radius 3 is 2.75 bits per heavy atom. The molecule has 1 heterocycles. The molecular weight excluding hydrogens is 208 g/mol. The predicted molar refractivity (Wildman–Crippen MR) is 56.5 cm³/mol. The van der Waals surface area contributed by atoms with Crippen LogP contribution in [0.3, 0.4) is 0 Å². The molecule has 1 saturated heterocycles. The number of rotatable bonds is 3. The summed E-state index contributed by atoms with van der Waals surface area (Å²) >= 11 is 0. The molecule has 0 N–H and O–H groups in total. The van der Waals surface area contributed by atoms with Crippen molar-refractivity contribution in [1.29, 1.82) is 0 Å². The summed E-state index contributed by atoms with van der Waals surface area (Å²) in [5.74, 6) is -1.20. The molecule has 0 aromatic rings. The number of hydrogen-bond donors (Lipinski definition) is 0. The predicted octanol–water partition coefficient (Wildman–Crippen LogP) is 1.59. The molecule has 1 aliphatic heterocycles. The van der Waals surface area contributed by atoms with E-state index >= 15 is 0 Å². The van der Waals surface area contributed by atoms with Gasteiger partial charge in [0.05, 0.1) is 18.1 Å². The number of carbonyl (C=O) groups is 2. The van der Waals surface area contributed by atoms with Gasteiger partial charge < -0.3 is 9.47 Å². The van der Waals surface area contributed by atoms with Crippen LogP contribution in [0.15, 0.2) is 12.2 Å². The second-order valence-electron chi connectivity index (χ2n) is 4.39. The quantitative estimate of drug-likeness (QED) is 0.316. The van der Waals surface area contributed by atoms with Gasteiger partial charge in [-0.05, 0) is 25.7 Å². The van der Waals surface area contributed by atoms with Gasteiger partial charge in [0.25, 0.3) is 0 Å². The SMILES string of the molecule is C=C(CC)C(=O)OC(=O)C1CCC2OC2C1. The highest BCUT2D eigenvalue weighted by molar-refractivity contribution is 5.96. The maximum Gasteiger partial charge on any atom is 0.341 e. The zero-order valence-corrected chi connectivity index (χ0v) is 9.40. The Kier molecular flexibility index (Phi) is 3.10. The highest BCUT2D eigenvalue weighted by Gasteiger charge is 2.46. The first-order valence-corrected chi connectivity index (χ1v) is 5.71. The van der Waals surface area contributed by atoms with E-state index in [0.29, 0.717) is 24.5 Å². The van der Waals surface area contributed by atoms with Crippen LogP contribution in [-0.4, -0.2) is 24.1 Å². The van der Waals surface area contributed by atoms with Crippen LogP contribution in [-0.2, 0) is 19.1 Å². The second kappa shape index (κ2) is 4.37. The Hall–Kier alpha value is -1.16. The monoisotopic (exact) mass is 224 g/mol. The zero-order chi connectivity index (χ0) is 11.7. The fourth-order valence-corrected chi connectivity index (χ4v) is 2.01. The molecule has 88 valence electrons. The molecule has 2 rings (SSSR count). The van der Waals surface area contributed by atoms with Gasteiger partial charge in [0, 0.05) is 5.57 Å². The van der Waals surface area contributed by atoms with Crippen LogP contribution in [0.4, 0.5) is 0 Å². The number of ether oxygens (including phenoxy) is 2. The van der Waals surface area contributed by atoms with Gasteiger partial charge in [-0.1, -0.05) is 13.5 Å². The zero-order valence-electron chi connectivity index (χ0n) is 9.40. The summed E-state index contributed by atoms with van der Waals surface area (Å²) in [5.41, 5.74) is 0.338. The van der Waals surface area contributed by atoms with E-state index < -0.39 is 11.9 Å². The van der Waals surface area contributed by atoms with Gasteiger partial charge >= 0.3 is 11.9 Å². The molecule has 1 aliphatic carbocycles. The minimum absolute atomic E-state index is 0.183. The molecule has 0 aromatic carbocycles. The maximum atomic E-state index is 11.7. The average Bonchev–Trinajstić information content (AvgIpc) is 3.05. The minimum Gasteiger partial charge on any atom is -0.389 e. The summed E-state index contributed by atoms with van der Waals surface area (Å²) in [6, 6.07) is 0. The van der Waals surface area contributed by atoms with Gasteiger partial charge in [0.1, 0.15) is 0 Å². The van der Waals surface area contributed by atoms with E-state index in [1.807, 2.05) is 0 Å². The number of carbonyl (C=O) groups excluding carboxylic acids is 2. The molecule has 1 saturated carbocycles. The summed E-state index contributed by atoms with van der Waals surface area (Å²) in [7, 11) is 0. The van der Waals surface area contributed by atoms with Crippen molar-refractivity contribution in [2.24, 2.45) is 5.92 Å². The Morgan fingerprint density at radius 1 is 1.38 bits per heavy atom. The topological polar surface area (TPSA) is 55.9 Å². The highest BCUT2D eigenvalue weighted by Crippen LogP contribution is 2.39. The van der Waals surface area contributed by atoms with Crippen LogP contribution in [0.2, 0.25) is 0 Å². The lowest BCUT2D eigenvalue weighted by Gasteiger charge is -2.16. The molecule has 0 aromatic heterocycles. The molecule has 2 fully saturated rings. The van der Waals surface area contributed by atoms with Gasteiger partial charge in [-0.2, -0.15) is 0 Å². The summed E-state index contributed by atoms with van der Waals surface area (Å²) in [6.07, 6.45) is 3.42. The van der Waals surface area contributed by atoms with Crippen LogP contribution in [0, 0.1) is 5.92 Å². The standard InChI is InChI=1S/C12H16O4/c1-3-7(2)11(13)16-12(14)8-4-5-9-10(6-8)15-9/h8-10H,2-6H2,1H3. The van der Waals surface area contributed by atoms with Crippen molar-refractivity contribution in [1.82, 2.24) is 0 Å². The largest absolute Gasteiger partial charge is 0.389 e. The number of epoxide rings is 1. The van der Waals surface area contributed by atoms with E-state index in [1.165, 1.54) is 0 Å². The van der Waals surface area contributed by atoms with Gasteiger partial charge in [-0.3, -0.25) is 4.79 Å². The Balaban J connectivity index is 1.83. The molecule has 3 atom stereocenters. The smallest absolute Gasteiger partial charge is 0.341 e. The van der Waals surface area contributed by atoms with E-state index in [2.05, 4.69) is 6.58 Å². The molecule has 4 nitrogen and oxygen atoms in total. The lowest BCUT2D eigenvalue weighted by Crippen LogP contribution is -2.26. The van der Waals surface area contributed by atoms with Gasteiger partial charge in [-0.15, -0.1) is 0 Å². The number of hydrogen-bond acceptors (Lipinski definition) is 4. The van der Waals surface area contributed by atoms with E-state index in [1.54, 1.807) is 6.92 Å². The molecule has 16 heavy (non-hydrogen) atoms. The first kappa shape index (κ1) is 11.3. The lowest BCUT2D eigenvalue weighted by molar-refractivity contribution is -0.160. The normalized spacial score (nSPS) is 31.4. The van der Waals surface area contributed by atoms with Crippen molar-refractivity contribution in [3.8, 4) is 0 Å². The van der Waals surface area contributed by atoms with Crippen LogP contribution in [0.1, 0.15) is 32.6 Å². The van der Waals surface area contributed by atoms with E-state index in [9.17, 15) is 9.59 Å². The van der Waals surface area contributed by atoms with Gasteiger partial charge in [-0.25, -0.2) is 4.79 Å². The van der Waals surface area contributed by atoms with E-state index in [0.717, 1.165) is 12.8 Å². The third kappa shape index (κ3) is 2.32. The van der Waals surface area contributed by atoms with Crippen LogP contribution >= 0.6 is 0 Å². The molecule has 3 unspecified atom stereocenters. The molecule has 0 bridgehead atoms. The van der Waals surface area contributed by atoms with Gasteiger partial charge in [0.2, 0.25) is 0 Å². The van der Waals surface area contributed by atoms with Crippen molar-refractivity contribution < 1.29 is 19.1 Å². The highest BCUT2D eigenvalue weighted by atomic mass is 16.6. The Morgan fingerprint density at radius 2 is 2.12 bits per heavy atom. The summed E-state index contributed by atoms with van der Waals surface area (Å²) in [4.78, 5) is 23.0. The van der Waals surface area contributed by atoms with E-state index in [-0.39, 0.29) is 12.0 Å². The molecule has 0 amide bonds. The second-order valence-corrected chi connectivity index (χ2v) is 4.39. The first-order chi connectivity index (χ1) is 7.61. The molecule has 4 heteroatoms. The molecule has 2 aliphatic rings. The third-order valence-corrected chi connectivity index (χ3v) is 3.25. The summed E-state index contributed by atoms with van der Waals surface area (Å²) < 4.78 is 10.1. The third-order valence-electron chi connectivity index (χ3n) is 3.25. The van der Waals surface area contributed by atoms with Crippen molar-refractivity contribution in [2.45, 2.75) is 44.8 Å². The summed E-state index contributed by atoms with van der Waals surface area (Å²) in [6.45, 7) is 5.35. The fraction of sp³-hybridized carbons (Fsp3) is 0.667. The average molecular weight is 224 g/mol. The van der Waals surface area contributed by atoms with Crippen LogP contribution < -0.4 is 0 Å². The van der Waals surface area contributed by atoms with Crippen LogP contribution in [0.5, 0.6) is 0 Å². The van der Waals surface area contributed by atoms with Crippen molar-refractivity contribution in [2.75, 3.05) is 0 Å². The molecule has 0 radical (unpaired) electrons. The Bertz CT molecular complexity index is 334. The Labute approximate surface area is 94.6 Å². The lowest BCUT2D eigenvalue weighted by atomic mass is 9.89. The van der Waals surface area contributed by atoms with Crippen molar-refractivity contribution >= 4 is 11.9 Å². The van der Waals surface area contributed by atoms with Crippen molar-refractivity contribution in [3.63, 3.8) is 0 Å².